The van der Waals surface area contributed by atoms with Gasteiger partial charge in [0.25, 0.3) is 0 Å². The first-order chi connectivity index (χ1) is 8.69. The number of aryl methyl sites for hydroxylation is 1. The molecule has 0 spiro atoms. The standard InChI is InChI=1S/C13H15BrN2OS/c1-2-16-8-10(7-15-16)13(17)9-18-12-5-3-4-11(14)6-12/h3-8,13,17H,2,9H2,1H3. The third kappa shape index (κ3) is 3.60. The van der Waals surface area contributed by atoms with E-state index < -0.39 is 6.10 Å². The summed E-state index contributed by atoms with van der Waals surface area (Å²) in [6.07, 6.45) is 3.15. The van der Waals surface area contributed by atoms with Crippen molar-refractivity contribution in [3.63, 3.8) is 0 Å². The van der Waals surface area contributed by atoms with Crippen LogP contribution < -0.4 is 0 Å². The fourth-order valence-corrected chi connectivity index (χ4v) is 3.03. The zero-order chi connectivity index (χ0) is 13.0. The molecule has 0 fully saturated rings. The molecule has 3 nitrogen and oxygen atoms in total. The summed E-state index contributed by atoms with van der Waals surface area (Å²) >= 11 is 5.07. The fourth-order valence-electron chi connectivity index (χ4n) is 1.55. The van der Waals surface area contributed by atoms with Gasteiger partial charge in [0.2, 0.25) is 0 Å². The van der Waals surface area contributed by atoms with Crippen molar-refractivity contribution < 1.29 is 5.11 Å². The van der Waals surface area contributed by atoms with Crippen LogP contribution in [0.1, 0.15) is 18.6 Å². The van der Waals surface area contributed by atoms with E-state index in [9.17, 15) is 5.11 Å². The zero-order valence-electron chi connectivity index (χ0n) is 10.1. The molecule has 1 heterocycles. The maximum absolute atomic E-state index is 10.1. The van der Waals surface area contributed by atoms with Gasteiger partial charge in [0.05, 0.1) is 12.3 Å². The number of aromatic nitrogens is 2. The van der Waals surface area contributed by atoms with Gasteiger partial charge >= 0.3 is 0 Å². The molecule has 5 heteroatoms. The highest BCUT2D eigenvalue weighted by atomic mass is 79.9. The lowest BCUT2D eigenvalue weighted by atomic mass is 10.2. The van der Waals surface area contributed by atoms with E-state index >= 15 is 0 Å². The molecule has 1 unspecified atom stereocenters. The molecule has 1 atom stereocenters. The number of aliphatic hydroxyl groups excluding tert-OH is 1. The average Bonchev–Trinajstić information content (AvgIpc) is 2.85. The van der Waals surface area contributed by atoms with Crippen LogP contribution in [0, 0.1) is 0 Å². The summed E-state index contributed by atoms with van der Waals surface area (Å²) in [4.78, 5) is 1.14. The molecule has 1 aromatic heterocycles. The topological polar surface area (TPSA) is 38.0 Å². The summed E-state index contributed by atoms with van der Waals surface area (Å²) in [6, 6.07) is 8.07. The van der Waals surface area contributed by atoms with Crippen LogP contribution in [0.3, 0.4) is 0 Å². The van der Waals surface area contributed by atoms with Crippen molar-refractivity contribution >= 4 is 27.7 Å². The van der Waals surface area contributed by atoms with E-state index in [0.717, 1.165) is 21.5 Å². The molecule has 2 rings (SSSR count). The molecule has 0 radical (unpaired) electrons. The van der Waals surface area contributed by atoms with E-state index in [0.29, 0.717) is 5.75 Å². The SMILES string of the molecule is CCn1cc(C(O)CSc2cccc(Br)c2)cn1. The number of aliphatic hydroxyl groups is 1. The van der Waals surface area contributed by atoms with Gasteiger partial charge in [-0.25, -0.2) is 0 Å². The van der Waals surface area contributed by atoms with Crippen molar-refractivity contribution in [2.24, 2.45) is 0 Å². The van der Waals surface area contributed by atoms with Gasteiger partial charge in [0.15, 0.2) is 0 Å². The largest absolute Gasteiger partial charge is 0.387 e. The molecule has 0 saturated carbocycles. The van der Waals surface area contributed by atoms with Crippen molar-refractivity contribution in [2.75, 3.05) is 5.75 Å². The van der Waals surface area contributed by atoms with Gasteiger partial charge in [0.1, 0.15) is 0 Å². The van der Waals surface area contributed by atoms with Gasteiger partial charge in [-0.3, -0.25) is 4.68 Å². The van der Waals surface area contributed by atoms with Gasteiger partial charge in [-0.15, -0.1) is 11.8 Å². The number of rotatable bonds is 5. The second kappa shape index (κ2) is 6.41. The van der Waals surface area contributed by atoms with Crippen molar-refractivity contribution in [1.29, 1.82) is 0 Å². The van der Waals surface area contributed by atoms with Crippen LogP contribution >= 0.6 is 27.7 Å². The normalized spacial score (nSPS) is 12.6. The van der Waals surface area contributed by atoms with Gasteiger partial charge in [-0.1, -0.05) is 22.0 Å². The molecule has 0 aliphatic heterocycles. The van der Waals surface area contributed by atoms with Crippen molar-refractivity contribution in [3.8, 4) is 0 Å². The maximum atomic E-state index is 10.1. The van der Waals surface area contributed by atoms with E-state index in [4.69, 9.17) is 0 Å². The Hall–Kier alpha value is -0.780. The monoisotopic (exact) mass is 326 g/mol. The van der Waals surface area contributed by atoms with Gasteiger partial charge in [-0.2, -0.15) is 5.10 Å². The molecule has 1 aromatic carbocycles. The van der Waals surface area contributed by atoms with Crippen LogP contribution in [0.4, 0.5) is 0 Å². The Kier molecular flexibility index (Phi) is 4.86. The molecule has 18 heavy (non-hydrogen) atoms. The summed E-state index contributed by atoms with van der Waals surface area (Å²) in [5.41, 5.74) is 0.874. The summed E-state index contributed by atoms with van der Waals surface area (Å²) in [5, 5.41) is 14.2. The van der Waals surface area contributed by atoms with Gasteiger partial charge in [-0.05, 0) is 25.1 Å². The van der Waals surface area contributed by atoms with Gasteiger partial charge in [0, 0.05) is 33.4 Å². The Labute approximate surface area is 119 Å². The minimum absolute atomic E-state index is 0.478. The summed E-state index contributed by atoms with van der Waals surface area (Å²) in [7, 11) is 0. The van der Waals surface area contributed by atoms with E-state index in [1.54, 1.807) is 18.0 Å². The van der Waals surface area contributed by atoms with Crippen molar-refractivity contribution in [1.82, 2.24) is 9.78 Å². The second-order valence-corrected chi connectivity index (χ2v) is 5.92. The molecule has 1 N–H and O–H groups in total. The Morgan fingerprint density at radius 1 is 1.50 bits per heavy atom. The Morgan fingerprint density at radius 2 is 2.33 bits per heavy atom. The maximum Gasteiger partial charge on any atom is 0.0914 e. The van der Waals surface area contributed by atoms with Crippen LogP contribution in [0.2, 0.25) is 0 Å². The predicted molar refractivity (Wildman–Crippen MR) is 77.7 cm³/mol. The first-order valence-corrected chi connectivity index (χ1v) is 7.55. The first kappa shape index (κ1) is 13.6. The lowest BCUT2D eigenvalue weighted by Gasteiger charge is -2.08. The third-order valence-corrected chi connectivity index (χ3v) is 4.13. The predicted octanol–water partition coefficient (Wildman–Crippen LogP) is 3.49. The number of nitrogens with zero attached hydrogens (tertiary/aromatic N) is 2. The lowest BCUT2D eigenvalue weighted by Crippen LogP contribution is -1.99. The van der Waals surface area contributed by atoms with E-state index in [1.807, 2.05) is 42.1 Å². The van der Waals surface area contributed by atoms with Crippen molar-refractivity contribution in [2.45, 2.75) is 24.5 Å². The molecule has 0 aliphatic carbocycles. The number of hydrogen-bond acceptors (Lipinski definition) is 3. The highest BCUT2D eigenvalue weighted by Crippen LogP contribution is 2.26. The smallest absolute Gasteiger partial charge is 0.0914 e. The lowest BCUT2D eigenvalue weighted by molar-refractivity contribution is 0.204. The summed E-state index contributed by atoms with van der Waals surface area (Å²) < 4.78 is 2.88. The minimum atomic E-state index is -0.478. The van der Waals surface area contributed by atoms with Crippen LogP contribution in [0.5, 0.6) is 0 Å². The molecule has 2 aromatic rings. The zero-order valence-corrected chi connectivity index (χ0v) is 12.5. The summed E-state index contributed by atoms with van der Waals surface area (Å²) in [6.45, 7) is 2.85. The number of benzene rings is 1. The molecular weight excluding hydrogens is 312 g/mol. The minimum Gasteiger partial charge on any atom is -0.387 e. The fraction of sp³-hybridized carbons (Fsp3) is 0.308. The summed E-state index contributed by atoms with van der Waals surface area (Å²) in [5.74, 6) is 0.631. The molecular formula is C13H15BrN2OS. The van der Waals surface area contributed by atoms with Crippen LogP contribution in [-0.4, -0.2) is 20.6 Å². The number of thioether (sulfide) groups is 1. The van der Waals surface area contributed by atoms with Crippen LogP contribution in [-0.2, 0) is 6.54 Å². The third-order valence-electron chi connectivity index (χ3n) is 2.57. The van der Waals surface area contributed by atoms with Gasteiger partial charge < -0.3 is 5.11 Å². The van der Waals surface area contributed by atoms with Crippen LogP contribution in [0.15, 0.2) is 46.0 Å². The Morgan fingerprint density at radius 3 is 3.00 bits per heavy atom. The number of halogens is 1. The molecule has 0 amide bonds. The quantitative estimate of drug-likeness (QED) is 0.855. The number of hydrogen-bond donors (Lipinski definition) is 1. The second-order valence-electron chi connectivity index (χ2n) is 3.91. The van der Waals surface area contributed by atoms with Crippen molar-refractivity contribution in [3.05, 3.63) is 46.7 Å². The molecule has 96 valence electrons. The first-order valence-electron chi connectivity index (χ1n) is 5.78. The molecule has 0 saturated heterocycles. The van der Waals surface area contributed by atoms with E-state index in [1.165, 1.54) is 0 Å². The Bertz CT molecular complexity index is 515. The molecule has 0 aliphatic rings. The van der Waals surface area contributed by atoms with E-state index in [2.05, 4.69) is 21.0 Å². The highest BCUT2D eigenvalue weighted by molar-refractivity contribution is 9.10. The van der Waals surface area contributed by atoms with Crippen LogP contribution in [0.25, 0.3) is 0 Å². The molecule has 0 bridgehead atoms. The average molecular weight is 327 g/mol. The van der Waals surface area contributed by atoms with E-state index in [-0.39, 0.29) is 0 Å². The highest BCUT2D eigenvalue weighted by Gasteiger charge is 2.10. The Balaban J connectivity index is 1.93.